The fraction of sp³-hybridized carbons (Fsp3) is 0.0833. The first-order chi connectivity index (χ1) is 25.6. The molecule has 0 atom stereocenters. The third-order valence-corrected chi connectivity index (χ3v) is 14.0. The molecule has 0 saturated heterocycles. The summed E-state index contributed by atoms with van der Waals surface area (Å²) in [5.74, 6) is 0. The van der Waals surface area contributed by atoms with Crippen LogP contribution in [0, 0.1) is 6.92 Å². The highest BCUT2D eigenvalue weighted by Gasteiger charge is 2.25. The van der Waals surface area contributed by atoms with E-state index in [-0.39, 0.29) is 0 Å². The molecule has 0 spiro atoms. The molecule has 0 unspecified atom stereocenters. The van der Waals surface area contributed by atoms with Crippen LogP contribution in [0.3, 0.4) is 0 Å². The van der Waals surface area contributed by atoms with Crippen molar-refractivity contribution in [1.82, 2.24) is 4.57 Å². The molecule has 0 amide bonds. The highest BCUT2D eigenvalue weighted by molar-refractivity contribution is 14.2. The monoisotopic (exact) mass is 819 g/mol. The Hall–Kier alpha value is -5.24. The predicted molar refractivity (Wildman–Crippen MR) is 243 cm³/mol. The third-order valence-electron chi connectivity index (χ3n) is 10.3. The Balaban J connectivity index is 1.32. The number of benzene rings is 8. The number of thiol groups is 1. The summed E-state index contributed by atoms with van der Waals surface area (Å²) >= 11 is 2.69. The van der Waals surface area contributed by atoms with Crippen molar-refractivity contribution in [3.8, 4) is 5.69 Å². The molecule has 9 rings (SSSR count). The van der Waals surface area contributed by atoms with E-state index in [4.69, 9.17) is 0 Å². The maximum Gasteiger partial charge on any atom is 0.0568 e. The lowest BCUT2D eigenvalue weighted by Gasteiger charge is -2.45. The zero-order chi connectivity index (χ0) is 36.3. The van der Waals surface area contributed by atoms with Gasteiger partial charge in [0, 0.05) is 50.6 Å². The average Bonchev–Trinajstić information content (AvgIpc) is 3.50. The van der Waals surface area contributed by atoms with E-state index < -0.39 is 6.33 Å². The molecule has 1 heterocycles. The minimum Gasteiger partial charge on any atom is -0.310 e. The molecule has 53 heavy (non-hydrogen) atoms. The van der Waals surface area contributed by atoms with E-state index in [0.29, 0.717) is 0 Å². The summed E-state index contributed by atoms with van der Waals surface area (Å²) in [7, 11) is 0. The largest absolute Gasteiger partial charge is 0.310 e. The molecule has 9 aromatic rings. The molecular formula is C48H42IN3S. The topological polar surface area (TPSA) is 11.4 Å². The van der Waals surface area contributed by atoms with Gasteiger partial charge in [-0.05, 0) is 160 Å². The Morgan fingerprint density at radius 3 is 1.26 bits per heavy atom. The smallest absolute Gasteiger partial charge is 0.0568 e. The minimum atomic E-state index is -1.96. The fourth-order valence-corrected chi connectivity index (χ4v) is 9.82. The van der Waals surface area contributed by atoms with Crippen molar-refractivity contribution in [1.29, 1.82) is 0 Å². The molecule has 0 radical (unpaired) electrons. The highest BCUT2D eigenvalue weighted by Crippen LogP contribution is 2.73. The maximum absolute atomic E-state index is 2.69. The number of halogens is 1. The number of aromatic nitrogens is 1. The number of anilines is 6. The Bertz CT molecular complexity index is 2710. The van der Waals surface area contributed by atoms with Gasteiger partial charge in [-0.15, -0.1) is 0 Å². The number of hydrogen-bond donors (Lipinski definition) is 1. The normalized spacial score (nSPS) is 12.7. The molecule has 0 aliphatic rings. The van der Waals surface area contributed by atoms with Crippen LogP contribution in [-0.2, 0) is 0 Å². The van der Waals surface area contributed by atoms with Gasteiger partial charge in [0.1, 0.15) is 0 Å². The Morgan fingerprint density at radius 1 is 0.434 bits per heavy atom. The van der Waals surface area contributed by atoms with Gasteiger partial charge in [0.2, 0.25) is 0 Å². The molecule has 1 aromatic heterocycles. The van der Waals surface area contributed by atoms with Crippen LogP contribution in [0.1, 0.15) is 5.56 Å². The van der Waals surface area contributed by atoms with Gasteiger partial charge in [-0.1, -0.05) is 84.4 Å². The van der Waals surface area contributed by atoms with Crippen LogP contribution in [0.2, 0.25) is 0 Å². The summed E-state index contributed by atoms with van der Waals surface area (Å²) in [4.78, 5) is 6.20. The Labute approximate surface area is 324 Å². The minimum absolute atomic E-state index is 1.12. The van der Waals surface area contributed by atoms with Crippen molar-refractivity contribution in [2.24, 2.45) is 0 Å². The van der Waals surface area contributed by atoms with Crippen molar-refractivity contribution >= 4 is 94.2 Å². The Morgan fingerprint density at radius 2 is 0.830 bits per heavy atom. The van der Waals surface area contributed by atoms with E-state index in [1.807, 2.05) is 0 Å². The lowest BCUT2D eigenvalue weighted by molar-refractivity contribution is 1.17. The second-order valence-electron chi connectivity index (χ2n) is 15.2. The lowest BCUT2D eigenvalue weighted by atomic mass is 10.00. The molecule has 0 bridgehead atoms. The van der Waals surface area contributed by atoms with Gasteiger partial charge in [-0.25, -0.2) is 6.33 Å². The fourth-order valence-electron chi connectivity index (χ4n) is 7.70. The van der Waals surface area contributed by atoms with E-state index >= 15 is 0 Å². The van der Waals surface area contributed by atoms with Crippen LogP contribution >= 0.6 is 27.5 Å². The highest BCUT2D eigenvalue weighted by atomic mass is 127. The van der Waals surface area contributed by atoms with Crippen molar-refractivity contribution in [3.63, 3.8) is 0 Å². The second-order valence-corrected chi connectivity index (χ2v) is 31.0. The molecule has 0 aliphatic heterocycles. The van der Waals surface area contributed by atoms with E-state index in [9.17, 15) is 0 Å². The first-order valence-corrected chi connectivity index (χ1v) is 24.5. The number of para-hydroxylation sites is 3. The van der Waals surface area contributed by atoms with Crippen molar-refractivity contribution in [2.75, 3.05) is 28.6 Å². The van der Waals surface area contributed by atoms with Crippen LogP contribution < -0.4 is 9.80 Å². The van der Waals surface area contributed by atoms with Gasteiger partial charge in [-0.3, -0.25) is 0 Å². The summed E-state index contributed by atoms with van der Waals surface area (Å²) in [6.45, 7) is 2.14. The maximum atomic E-state index is 2.69. The SMILES string of the molecule is Cc1ccc(N(c2ccccc2)c2cc3ccc4cc(N(c5ccccc5)c5ccc([SH](C)(C)(C)I)cc5)cc5c4c3c(c2)n5-c2ccccc2)cc1. The quantitative estimate of drug-likeness (QED) is 0.0931. The van der Waals surface area contributed by atoms with Gasteiger partial charge < -0.3 is 14.4 Å². The number of rotatable bonds is 8. The summed E-state index contributed by atoms with van der Waals surface area (Å²) < 4.78 is 2.47. The van der Waals surface area contributed by atoms with Gasteiger partial charge in [0.05, 0.1) is 11.0 Å². The van der Waals surface area contributed by atoms with Crippen LogP contribution in [0.5, 0.6) is 0 Å². The van der Waals surface area contributed by atoms with Crippen molar-refractivity contribution in [2.45, 2.75) is 11.8 Å². The molecule has 0 N–H and O–H groups in total. The molecule has 8 aromatic carbocycles. The van der Waals surface area contributed by atoms with Crippen LogP contribution in [-0.4, -0.2) is 23.3 Å². The predicted octanol–water partition coefficient (Wildman–Crippen LogP) is 14.3. The van der Waals surface area contributed by atoms with Crippen molar-refractivity contribution in [3.05, 3.63) is 181 Å². The first-order valence-electron chi connectivity index (χ1n) is 18.1. The molecular weight excluding hydrogens is 778 g/mol. The van der Waals surface area contributed by atoms with E-state index in [1.54, 1.807) is 0 Å². The summed E-state index contributed by atoms with van der Waals surface area (Å²) in [5, 5.41) is 5.01. The van der Waals surface area contributed by atoms with Gasteiger partial charge in [-0.2, -0.15) is 0 Å². The van der Waals surface area contributed by atoms with Gasteiger partial charge >= 0.3 is 0 Å². The van der Waals surface area contributed by atoms with Crippen LogP contribution in [0.25, 0.3) is 38.3 Å². The number of nitrogens with zero attached hydrogens (tertiary/aromatic N) is 3. The van der Waals surface area contributed by atoms with Gasteiger partial charge in [0.15, 0.2) is 0 Å². The zero-order valence-corrected chi connectivity index (χ0v) is 33.5. The number of aryl methyl sites for hydroxylation is 1. The Kier molecular flexibility index (Phi) is 8.06. The average molecular weight is 820 g/mol. The molecule has 0 fully saturated rings. The van der Waals surface area contributed by atoms with E-state index in [2.05, 4.69) is 237 Å². The van der Waals surface area contributed by atoms with Gasteiger partial charge in [0.25, 0.3) is 0 Å². The molecule has 0 saturated carbocycles. The summed E-state index contributed by atoms with van der Waals surface area (Å²) in [5.41, 5.74) is 11.5. The van der Waals surface area contributed by atoms with Crippen LogP contribution in [0.15, 0.2) is 181 Å². The standard InChI is InChI=1S/C48H42IN3S/c1-34-20-24-40(25-21-34)50(37-14-8-5-9-15-37)42-30-35-22-23-36-31-43(33-46-48(36)47(35)45(32-42)52(46)39-18-12-7-13-19-39)51(38-16-10-6-11-17-38)41-26-28-44(29-27-41)53(2,3,4)49/h5-33,53H,1-4H3. The zero-order valence-electron chi connectivity index (χ0n) is 30.4. The third kappa shape index (κ3) is 6.12. The van der Waals surface area contributed by atoms with E-state index in [0.717, 1.165) is 39.8 Å². The number of hydrogen-bond acceptors (Lipinski definition) is 2. The first kappa shape index (κ1) is 33.6. The molecule has 5 heteroatoms. The van der Waals surface area contributed by atoms with Crippen LogP contribution in [0.4, 0.5) is 34.1 Å². The van der Waals surface area contributed by atoms with E-state index in [1.165, 1.54) is 43.0 Å². The molecule has 0 aliphatic carbocycles. The molecule has 262 valence electrons. The van der Waals surface area contributed by atoms with Crippen molar-refractivity contribution < 1.29 is 0 Å². The lowest BCUT2D eigenvalue weighted by Crippen LogP contribution is -2.11. The summed E-state index contributed by atoms with van der Waals surface area (Å²) in [6.07, 6.45) is 5.26. The second kappa shape index (κ2) is 12.7. The molecule has 3 nitrogen and oxygen atoms in total. The summed E-state index contributed by atoms with van der Waals surface area (Å²) in [6, 6.07) is 64.5.